The van der Waals surface area contributed by atoms with Crippen LogP contribution in [0.4, 0.5) is 0 Å². The van der Waals surface area contributed by atoms with Crippen molar-refractivity contribution in [1.82, 2.24) is 5.32 Å². The molecular formula is C12H23NO. The van der Waals surface area contributed by atoms with E-state index in [-0.39, 0.29) is 0 Å². The lowest BCUT2D eigenvalue weighted by Gasteiger charge is -2.12. The Kier molecular flexibility index (Phi) is 5.88. The van der Waals surface area contributed by atoms with Crippen molar-refractivity contribution >= 4 is 0 Å². The van der Waals surface area contributed by atoms with Crippen LogP contribution >= 0.6 is 0 Å². The maximum atomic E-state index is 5.53. The first kappa shape index (κ1) is 11.7. The van der Waals surface area contributed by atoms with Crippen molar-refractivity contribution in [1.29, 1.82) is 0 Å². The molecule has 0 aromatic carbocycles. The van der Waals surface area contributed by atoms with E-state index in [1.807, 2.05) is 6.08 Å². The maximum Gasteiger partial charge on any atom is 0.0591 e. The van der Waals surface area contributed by atoms with E-state index < -0.39 is 0 Å². The highest BCUT2D eigenvalue weighted by Crippen LogP contribution is 2.28. The molecule has 0 aromatic heterocycles. The Labute approximate surface area is 87.7 Å². The minimum absolute atomic E-state index is 0.581. The van der Waals surface area contributed by atoms with Gasteiger partial charge in [0.2, 0.25) is 0 Å². The van der Waals surface area contributed by atoms with E-state index in [0.717, 1.165) is 32.1 Å². The van der Waals surface area contributed by atoms with Gasteiger partial charge in [0.1, 0.15) is 0 Å². The van der Waals surface area contributed by atoms with Crippen molar-refractivity contribution in [3.05, 3.63) is 12.7 Å². The first-order chi connectivity index (χ1) is 6.83. The molecule has 0 spiro atoms. The molecule has 2 heteroatoms. The summed E-state index contributed by atoms with van der Waals surface area (Å²) in [6.07, 6.45) is 7.00. The number of allylic oxidation sites excluding steroid dienone is 1. The molecule has 0 radical (unpaired) electrons. The summed E-state index contributed by atoms with van der Waals surface area (Å²) in [4.78, 5) is 0. The van der Waals surface area contributed by atoms with Gasteiger partial charge in [0.15, 0.2) is 0 Å². The van der Waals surface area contributed by atoms with E-state index in [1.165, 1.54) is 19.3 Å². The second kappa shape index (κ2) is 7.02. The zero-order chi connectivity index (χ0) is 10.2. The van der Waals surface area contributed by atoms with E-state index in [0.29, 0.717) is 6.04 Å². The average molecular weight is 197 g/mol. The van der Waals surface area contributed by atoms with E-state index >= 15 is 0 Å². The lowest BCUT2D eigenvalue weighted by molar-refractivity contribution is 0.124. The van der Waals surface area contributed by atoms with Crippen molar-refractivity contribution in [2.45, 2.75) is 38.6 Å². The number of ether oxygens (including phenoxy) is 1. The third kappa shape index (κ3) is 6.17. The van der Waals surface area contributed by atoms with Crippen LogP contribution in [0.5, 0.6) is 0 Å². The third-order valence-corrected chi connectivity index (χ3v) is 2.59. The second-order valence-electron chi connectivity index (χ2n) is 4.24. The van der Waals surface area contributed by atoms with Gasteiger partial charge in [-0.3, -0.25) is 0 Å². The second-order valence-corrected chi connectivity index (χ2v) is 4.24. The fraction of sp³-hybridized carbons (Fsp3) is 0.833. The molecule has 0 aliphatic heterocycles. The Balaban J connectivity index is 1.79. The zero-order valence-electron chi connectivity index (χ0n) is 9.30. The summed E-state index contributed by atoms with van der Waals surface area (Å²) >= 11 is 0. The lowest BCUT2D eigenvalue weighted by atomic mass is 10.2. The van der Waals surface area contributed by atoms with Gasteiger partial charge in [0, 0.05) is 19.2 Å². The molecule has 1 N–H and O–H groups in total. The van der Waals surface area contributed by atoms with Crippen molar-refractivity contribution in [3.8, 4) is 0 Å². The number of hydrogen-bond donors (Lipinski definition) is 1. The average Bonchev–Trinajstić information content (AvgIpc) is 2.98. The Morgan fingerprint density at radius 3 is 3.00 bits per heavy atom. The minimum atomic E-state index is 0.581. The lowest BCUT2D eigenvalue weighted by Crippen LogP contribution is -2.29. The van der Waals surface area contributed by atoms with Crippen LogP contribution in [0, 0.1) is 5.92 Å². The van der Waals surface area contributed by atoms with Crippen LogP contribution in [0.1, 0.15) is 32.6 Å². The summed E-state index contributed by atoms with van der Waals surface area (Å²) in [6, 6.07) is 0.581. The fourth-order valence-electron chi connectivity index (χ4n) is 1.38. The SMILES string of the molecule is C=CCCC(C)NCCOCC1CC1. The molecule has 1 rings (SSSR count). The molecule has 1 atom stereocenters. The zero-order valence-corrected chi connectivity index (χ0v) is 9.30. The normalized spacial score (nSPS) is 18.1. The van der Waals surface area contributed by atoms with Gasteiger partial charge < -0.3 is 10.1 Å². The first-order valence-electron chi connectivity index (χ1n) is 5.75. The highest BCUT2D eigenvalue weighted by Gasteiger charge is 2.20. The molecule has 14 heavy (non-hydrogen) atoms. The van der Waals surface area contributed by atoms with E-state index in [9.17, 15) is 0 Å². The first-order valence-corrected chi connectivity index (χ1v) is 5.75. The summed E-state index contributed by atoms with van der Waals surface area (Å²) in [5, 5.41) is 3.44. The van der Waals surface area contributed by atoms with Crippen LogP contribution < -0.4 is 5.32 Å². The summed E-state index contributed by atoms with van der Waals surface area (Å²) in [6.45, 7) is 8.74. The van der Waals surface area contributed by atoms with Crippen molar-refractivity contribution < 1.29 is 4.74 Å². The summed E-state index contributed by atoms with van der Waals surface area (Å²) in [5.41, 5.74) is 0. The van der Waals surface area contributed by atoms with Gasteiger partial charge in [0.05, 0.1) is 6.61 Å². The topological polar surface area (TPSA) is 21.3 Å². The number of hydrogen-bond acceptors (Lipinski definition) is 2. The van der Waals surface area contributed by atoms with Gasteiger partial charge in [-0.2, -0.15) is 0 Å². The summed E-state index contributed by atoms with van der Waals surface area (Å²) in [7, 11) is 0. The highest BCUT2D eigenvalue weighted by molar-refractivity contribution is 4.72. The molecule has 1 unspecified atom stereocenters. The molecule has 1 fully saturated rings. The minimum Gasteiger partial charge on any atom is -0.380 e. The third-order valence-electron chi connectivity index (χ3n) is 2.59. The molecular weight excluding hydrogens is 174 g/mol. The molecule has 2 nitrogen and oxygen atoms in total. The predicted octanol–water partition coefficient (Wildman–Crippen LogP) is 2.36. The summed E-state index contributed by atoms with van der Waals surface area (Å²) in [5.74, 6) is 0.883. The Hall–Kier alpha value is -0.340. The van der Waals surface area contributed by atoms with E-state index in [4.69, 9.17) is 4.74 Å². The Morgan fingerprint density at radius 2 is 2.36 bits per heavy atom. The van der Waals surface area contributed by atoms with Gasteiger partial charge in [-0.15, -0.1) is 6.58 Å². The van der Waals surface area contributed by atoms with E-state index in [2.05, 4.69) is 18.8 Å². The number of rotatable bonds is 9. The van der Waals surface area contributed by atoms with Gasteiger partial charge in [-0.05, 0) is 38.5 Å². The van der Waals surface area contributed by atoms with Crippen LogP contribution in [0.2, 0.25) is 0 Å². The van der Waals surface area contributed by atoms with Crippen LogP contribution in [0.15, 0.2) is 12.7 Å². The standard InChI is InChI=1S/C12H23NO/c1-3-4-5-11(2)13-8-9-14-10-12-6-7-12/h3,11-13H,1,4-10H2,2H3. The Morgan fingerprint density at radius 1 is 1.57 bits per heavy atom. The smallest absolute Gasteiger partial charge is 0.0591 e. The molecule has 82 valence electrons. The highest BCUT2D eigenvalue weighted by atomic mass is 16.5. The van der Waals surface area contributed by atoms with Crippen LogP contribution in [0.25, 0.3) is 0 Å². The quantitative estimate of drug-likeness (QED) is 0.452. The van der Waals surface area contributed by atoms with Crippen LogP contribution in [0.3, 0.4) is 0 Å². The molecule has 1 saturated carbocycles. The predicted molar refractivity (Wildman–Crippen MR) is 60.4 cm³/mol. The Bertz CT molecular complexity index is 154. The van der Waals surface area contributed by atoms with Gasteiger partial charge in [-0.25, -0.2) is 0 Å². The van der Waals surface area contributed by atoms with Crippen molar-refractivity contribution in [3.63, 3.8) is 0 Å². The van der Waals surface area contributed by atoms with Gasteiger partial charge in [-0.1, -0.05) is 6.08 Å². The molecule has 1 aliphatic carbocycles. The number of nitrogens with one attached hydrogen (secondary N) is 1. The molecule has 0 heterocycles. The van der Waals surface area contributed by atoms with Crippen molar-refractivity contribution in [2.75, 3.05) is 19.8 Å². The molecule has 0 bridgehead atoms. The molecule has 1 aliphatic rings. The summed E-state index contributed by atoms with van der Waals surface area (Å²) < 4.78 is 5.53. The largest absolute Gasteiger partial charge is 0.380 e. The van der Waals surface area contributed by atoms with Crippen LogP contribution in [-0.4, -0.2) is 25.8 Å². The van der Waals surface area contributed by atoms with E-state index in [1.54, 1.807) is 0 Å². The maximum absolute atomic E-state index is 5.53. The van der Waals surface area contributed by atoms with Gasteiger partial charge >= 0.3 is 0 Å². The van der Waals surface area contributed by atoms with Crippen LogP contribution in [-0.2, 0) is 4.74 Å². The molecule has 0 amide bonds. The van der Waals surface area contributed by atoms with Gasteiger partial charge in [0.25, 0.3) is 0 Å². The monoisotopic (exact) mass is 197 g/mol. The fourth-order valence-corrected chi connectivity index (χ4v) is 1.38. The molecule has 0 saturated heterocycles. The van der Waals surface area contributed by atoms with Crippen molar-refractivity contribution in [2.24, 2.45) is 5.92 Å². The molecule has 0 aromatic rings.